The number of rotatable bonds is 3. The van der Waals surface area contributed by atoms with E-state index in [-0.39, 0.29) is 6.54 Å². The van der Waals surface area contributed by atoms with Gasteiger partial charge in [-0.1, -0.05) is 6.07 Å². The molecule has 4 amide bonds. The summed E-state index contributed by atoms with van der Waals surface area (Å²) < 4.78 is 5.41. The van der Waals surface area contributed by atoms with Crippen molar-refractivity contribution in [1.82, 2.24) is 15.5 Å². The average Bonchev–Trinajstić information content (AvgIpc) is 3.11. The molecule has 1 unspecified atom stereocenters. The number of hydrogen-bond acceptors (Lipinski definition) is 4. The fourth-order valence-corrected chi connectivity index (χ4v) is 2.48. The highest BCUT2D eigenvalue weighted by molar-refractivity contribution is 5.94. The molecule has 1 atom stereocenters. The number of aliphatic hydroxyl groups is 1. The van der Waals surface area contributed by atoms with E-state index in [1.807, 2.05) is 12.1 Å². The Hall–Kier alpha value is -2.28. The minimum absolute atomic E-state index is 0.0578. The van der Waals surface area contributed by atoms with Gasteiger partial charge in [-0.25, -0.2) is 14.5 Å². The van der Waals surface area contributed by atoms with E-state index in [1.165, 1.54) is 0 Å². The van der Waals surface area contributed by atoms with Gasteiger partial charge in [0.05, 0.1) is 12.7 Å². The van der Waals surface area contributed by atoms with Crippen molar-refractivity contribution >= 4 is 12.1 Å². The maximum absolute atomic E-state index is 11.8. The number of benzene rings is 1. The summed E-state index contributed by atoms with van der Waals surface area (Å²) in [5.41, 5.74) is 1.79. The molecule has 7 nitrogen and oxygen atoms in total. The quantitative estimate of drug-likeness (QED) is 0.751. The molecular weight excluding hydrogens is 274 g/mol. The third kappa shape index (κ3) is 2.78. The molecule has 1 fully saturated rings. The zero-order chi connectivity index (χ0) is 14.8. The van der Waals surface area contributed by atoms with Gasteiger partial charge in [0.2, 0.25) is 0 Å². The fourth-order valence-electron chi connectivity index (χ4n) is 2.48. The normalized spacial score (nSPS) is 18.0. The van der Waals surface area contributed by atoms with Gasteiger partial charge in [-0.3, -0.25) is 0 Å². The van der Waals surface area contributed by atoms with Gasteiger partial charge in [0, 0.05) is 26.1 Å². The third-order valence-corrected chi connectivity index (χ3v) is 3.65. The summed E-state index contributed by atoms with van der Waals surface area (Å²) >= 11 is 0. The van der Waals surface area contributed by atoms with Crippen LogP contribution in [0.3, 0.4) is 0 Å². The summed E-state index contributed by atoms with van der Waals surface area (Å²) in [5.74, 6) is 0.851. The van der Waals surface area contributed by atoms with Crippen LogP contribution < -0.4 is 15.4 Å². The second-order valence-corrected chi connectivity index (χ2v) is 5.05. The average molecular weight is 291 g/mol. The highest BCUT2D eigenvalue weighted by atomic mass is 16.5. The highest BCUT2D eigenvalue weighted by Crippen LogP contribution is 2.27. The van der Waals surface area contributed by atoms with Gasteiger partial charge in [-0.2, -0.15) is 0 Å². The number of ether oxygens (including phenoxy) is 1. The first-order valence-corrected chi connectivity index (χ1v) is 6.92. The lowest BCUT2D eigenvalue weighted by molar-refractivity contribution is 0.165. The summed E-state index contributed by atoms with van der Waals surface area (Å²) in [7, 11) is 0. The maximum Gasteiger partial charge on any atom is 0.325 e. The number of aliphatic hydroxyl groups excluding tert-OH is 1. The van der Waals surface area contributed by atoms with Crippen LogP contribution >= 0.6 is 0 Å². The van der Waals surface area contributed by atoms with E-state index in [1.54, 1.807) is 6.07 Å². The predicted molar refractivity (Wildman–Crippen MR) is 74.1 cm³/mol. The van der Waals surface area contributed by atoms with Crippen molar-refractivity contribution in [3.05, 3.63) is 29.3 Å². The van der Waals surface area contributed by atoms with Gasteiger partial charge in [0.1, 0.15) is 5.75 Å². The second kappa shape index (κ2) is 5.61. The predicted octanol–water partition coefficient (Wildman–Crippen LogP) is 0.390. The van der Waals surface area contributed by atoms with E-state index in [9.17, 15) is 14.7 Å². The molecule has 3 rings (SSSR count). The van der Waals surface area contributed by atoms with Gasteiger partial charge in [-0.05, 0) is 23.3 Å². The van der Waals surface area contributed by atoms with Crippen LogP contribution in [0.2, 0.25) is 0 Å². The van der Waals surface area contributed by atoms with Crippen molar-refractivity contribution < 1.29 is 19.4 Å². The number of hydrogen-bond donors (Lipinski definition) is 3. The van der Waals surface area contributed by atoms with Crippen LogP contribution in [0.1, 0.15) is 17.2 Å². The molecule has 2 heterocycles. The lowest BCUT2D eigenvalue weighted by atomic mass is 10.0. The zero-order valence-electron chi connectivity index (χ0n) is 11.5. The number of urea groups is 2. The summed E-state index contributed by atoms with van der Waals surface area (Å²) in [5, 5.41) is 15.2. The van der Waals surface area contributed by atoms with Gasteiger partial charge in [0.15, 0.2) is 0 Å². The molecule has 0 spiro atoms. The third-order valence-electron chi connectivity index (χ3n) is 3.65. The Bertz CT molecular complexity index is 575. The van der Waals surface area contributed by atoms with Crippen molar-refractivity contribution in [2.45, 2.75) is 12.5 Å². The van der Waals surface area contributed by atoms with Crippen LogP contribution in [-0.2, 0) is 6.42 Å². The number of fused-ring (bicyclic) bond motifs is 1. The minimum Gasteiger partial charge on any atom is -0.493 e. The van der Waals surface area contributed by atoms with Gasteiger partial charge < -0.3 is 20.5 Å². The van der Waals surface area contributed by atoms with Crippen LogP contribution in [0.5, 0.6) is 5.75 Å². The Labute approximate surface area is 121 Å². The van der Waals surface area contributed by atoms with E-state index in [0.717, 1.165) is 28.2 Å². The molecule has 1 aromatic carbocycles. The monoisotopic (exact) mass is 291 g/mol. The van der Waals surface area contributed by atoms with Gasteiger partial charge >= 0.3 is 12.1 Å². The summed E-state index contributed by atoms with van der Waals surface area (Å²) in [4.78, 5) is 24.2. The van der Waals surface area contributed by atoms with Crippen LogP contribution in [0, 0.1) is 0 Å². The Kier molecular flexibility index (Phi) is 3.66. The van der Waals surface area contributed by atoms with Crippen molar-refractivity contribution in [1.29, 1.82) is 0 Å². The summed E-state index contributed by atoms with van der Waals surface area (Å²) in [6, 6.07) is 4.60. The molecule has 21 heavy (non-hydrogen) atoms. The molecule has 0 aliphatic carbocycles. The molecule has 2 aliphatic heterocycles. The molecule has 0 aromatic heterocycles. The van der Waals surface area contributed by atoms with E-state index >= 15 is 0 Å². The number of nitrogens with zero attached hydrogens (tertiary/aromatic N) is 1. The van der Waals surface area contributed by atoms with Crippen LogP contribution in [0.25, 0.3) is 0 Å². The second-order valence-electron chi connectivity index (χ2n) is 5.05. The van der Waals surface area contributed by atoms with Crippen molar-refractivity contribution in [2.24, 2.45) is 0 Å². The number of amides is 4. The van der Waals surface area contributed by atoms with Gasteiger partial charge in [0.25, 0.3) is 0 Å². The first-order valence-electron chi connectivity index (χ1n) is 6.92. The summed E-state index contributed by atoms with van der Waals surface area (Å²) in [6.45, 7) is 1.52. The molecule has 3 N–H and O–H groups in total. The van der Waals surface area contributed by atoms with Crippen molar-refractivity contribution in [3.8, 4) is 5.75 Å². The number of carbonyl (C=O) groups is 2. The molecule has 112 valence electrons. The molecule has 7 heteroatoms. The van der Waals surface area contributed by atoms with E-state index < -0.39 is 18.2 Å². The van der Waals surface area contributed by atoms with Crippen LogP contribution in [0.15, 0.2) is 18.2 Å². The molecular formula is C14H17N3O4. The Morgan fingerprint density at radius 2 is 2.38 bits per heavy atom. The first-order chi connectivity index (χ1) is 10.1. The van der Waals surface area contributed by atoms with E-state index in [0.29, 0.717) is 19.7 Å². The maximum atomic E-state index is 11.8. The molecule has 0 radical (unpaired) electrons. The lowest BCUT2D eigenvalue weighted by Crippen LogP contribution is -2.43. The van der Waals surface area contributed by atoms with Gasteiger partial charge in [-0.15, -0.1) is 0 Å². The zero-order valence-corrected chi connectivity index (χ0v) is 11.5. The number of carbonyl (C=O) groups excluding carboxylic acids is 2. The SMILES string of the molecule is O=C1NCCN1C(=O)NCC(O)c1ccc2c(c1)CCO2. The lowest BCUT2D eigenvalue weighted by Gasteiger charge is -2.16. The first kappa shape index (κ1) is 13.7. The number of nitrogens with one attached hydrogen (secondary N) is 2. The van der Waals surface area contributed by atoms with Crippen LogP contribution in [0.4, 0.5) is 9.59 Å². The Morgan fingerprint density at radius 3 is 3.14 bits per heavy atom. The van der Waals surface area contributed by atoms with E-state index in [4.69, 9.17) is 4.74 Å². The summed E-state index contributed by atoms with van der Waals surface area (Å²) in [6.07, 6.45) is 0.0152. The fraction of sp³-hybridized carbons (Fsp3) is 0.429. The minimum atomic E-state index is -0.814. The molecule has 0 saturated carbocycles. The largest absolute Gasteiger partial charge is 0.493 e. The van der Waals surface area contributed by atoms with E-state index in [2.05, 4.69) is 10.6 Å². The Balaban J connectivity index is 1.57. The topological polar surface area (TPSA) is 90.9 Å². The molecule has 0 bridgehead atoms. The number of imide groups is 1. The molecule has 1 aromatic rings. The molecule has 1 saturated heterocycles. The standard InChI is InChI=1S/C14H17N3O4/c18-11(8-16-14(20)17-5-4-15-13(17)19)9-1-2-12-10(7-9)3-6-21-12/h1-2,7,11,18H,3-6,8H2,(H,15,19)(H,16,20). The van der Waals surface area contributed by atoms with Crippen molar-refractivity contribution in [2.75, 3.05) is 26.2 Å². The smallest absolute Gasteiger partial charge is 0.325 e. The molecule has 2 aliphatic rings. The Morgan fingerprint density at radius 1 is 1.52 bits per heavy atom. The highest BCUT2D eigenvalue weighted by Gasteiger charge is 2.26. The van der Waals surface area contributed by atoms with Crippen LogP contribution in [-0.4, -0.2) is 48.3 Å². The van der Waals surface area contributed by atoms with Crippen molar-refractivity contribution in [3.63, 3.8) is 0 Å².